The van der Waals surface area contributed by atoms with Crippen molar-refractivity contribution in [3.8, 4) is 0 Å². The summed E-state index contributed by atoms with van der Waals surface area (Å²) in [6.07, 6.45) is -0.264. The van der Waals surface area contributed by atoms with Crippen molar-refractivity contribution in [1.29, 1.82) is 0 Å². The number of halogens is 1. The summed E-state index contributed by atoms with van der Waals surface area (Å²) in [6.45, 7) is 10.1. The van der Waals surface area contributed by atoms with Gasteiger partial charge in [0.05, 0.1) is 18.3 Å². The van der Waals surface area contributed by atoms with Crippen molar-refractivity contribution in [2.75, 3.05) is 32.7 Å². The lowest BCUT2D eigenvalue weighted by Gasteiger charge is -2.35. The van der Waals surface area contributed by atoms with E-state index in [1.165, 1.54) is 5.56 Å². The molecule has 0 bridgehead atoms. The first-order valence-corrected chi connectivity index (χ1v) is 9.29. The average molecular weight is 363 g/mol. The molecule has 1 aromatic carbocycles. The normalized spacial score (nSPS) is 17.8. The van der Waals surface area contributed by atoms with Crippen LogP contribution in [0, 0.1) is 6.92 Å². The second kappa shape index (κ2) is 8.32. The topological polar surface area (TPSA) is 44.5 Å². The number of rotatable bonds is 6. The van der Waals surface area contributed by atoms with Gasteiger partial charge in [-0.3, -0.25) is 9.80 Å². The molecule has 0 saturated carbocycles. The molecule has 0 unspecified atom stereocenters. The zero-order valence-corrected chi connectivity index (χ0v) is 15.8. The number of hydrogen-bond acceptors (Lipinski definition) is 4. The summed E-state index contributed by atoms with van der Waals surface area (Å²) in [5.74, 6) is 0. The largest absolute Gasteiger partial charge is 0.392 e. The molecule has 6 heteroatoms. The molecule has 5 nitrogen and oxygen atoms in total. The fourth-order valence-electron chi connectivity index (χ4n) is 3.36. The summed E-state index contributed by atoms with van der Waals surface area (Å²) < 4.78 is 1.89. The molecule has 0 radical (unpaired) electrons. The van der Waals surface area contributed by atoms with Crippen LogP contribution in [-0.4, -0.2) is 63.5 Å². The van der Waals surface area contributed by atoms with Crippen LogP contribution in [0.3, 0.4) is 0 Å². The van der Waals surface area contributed by atoms with E-state index >= 15 is 0 Å². The Labute approximate surface area is 154 Å². The Morgan fingerprint density at radius 3 is 2.36 bits per heavy atom. The number of β-amino-alcohol motifs (C(OH)–C–C–N with tert-alkyl or cyclic N) is 1. The molecule has 1 aliphatic rings. The van der Waals surface area contributed by atoms with Crippen LogP contribution >= 0.6 is 11.6 Å². The van der Waals surface area contributed by atoms with Gasteiger partial charge in [0.1, 0.15) is 5.15 Å². The highest BCUT2D eigenvalue weighted by molar-refractivity contribution is 6.30. The fourth-order valence-corrected chi connectivity index (χ4v) is 3.65. The molecule has 1 aliphatic heterocycles. The zero-order valence-electron chi connectivity index (χ0n) is 15.0. The van der Waals surface area contributed by atoms with Crippen LogP contribution in [0.15, 0.2) is 30.3 Å². The quantitative estimate of drug-likeness (QED) is 0.857. The maximum atomic E-state index is 9.52. The van der Waals surface area contributed by atoms with Crippen LogP contribution in [0.25, 0.3) is 0 Å². The molecule has 136 valence electrons. The highest BCUT2D eigenvalue weighted by atomic mass is 35.5. The molecular formula is C19H27ClN4O. The van der Waals surface area contributed by atoms with Gasteiger partial charge < -0.3 is 5.11 Å². The first-order chi connectivity index (χ1) is 12.0. The summed E-state index contributed by atoms with van der Waals surface area (Å²) in [4.78, 5) is 4.73. The van der Waals surface area contributed by atoms with Crippen LogP contribution in [0.5, 0.6) is 0 Å². The molecule has 1 saturated heterocycles. The molecular weight excluding hydrogens is 336 g/mol. The second-order valence-corrected chi connectivity index (χ2v) is 7.28. The van der Waals surface area contributed by atoms with E-state index in [1.54, 1.807) is 0 Å². The average Bonchev–Trinajstić information content (AvgIpc) is 2.84. The molecule has 25 heavy (non-hydrogen) atoms. The maximum Gasteiger partial charge on any atom is 0.132 e. The summed E-state index contributed by atoms with van der Waals surface area (Å²) in [6, 6.07) is 10.3. The Balaban J connectivity index is 1.62. The monoisotopic (exact) mass is 362 g/mol. The third-order valence-corrected chi connectivity index (χ3v) is 5.15. The van der Waals surface area contributed by atoms with Gasteiger partial charge in [-0.1, -0.05) is 41.9 Å². The predicted octanol–water partition coefficient (Wildman–Crippen LogP) is 2.39. The van der Waals surface area contributed by atoms with Gasteiger partial charge in [-0.25, -0.2) is 4.68 Å². The van der Waals surface area contributed by atoms with E-state index < -0.39 is 0 Å². The van der Waals surface area contributed by atoms with Crippen LogP contribution in [0.4, 0.5) is 0 Å². The van der Waals surface area contributed by atoms with E-state index in [0.29, 0.717) is 6.54 Å². The minimum Gasteiger partial charge on any atom is -0.392 e. The van der Waals surface area contributed by atoms with Gasteiger partial charge in [0, 0.05) is 44.8 Å². The molecule has 1 aromatic heterocycles. The summed E-state index contributed by atoms with van der Waals surface area (Å²) in [7, 11) is 0. The van der Waals surface area contributed by atoms with Crippen LogP contribution in [0.2, 0.25) is 5.15 Å². The van der Waals surface area contributed by atoms with Gasteiger partial charge in [0.25, 0.3) is 0 Å². The minimum absolute atomic E-state index is 0.264. The molecule has 0 aliphatic carbocycles. The van der Waals surface area contributed by atoms with Crippen molar-refractivity contribution >= 4 is 11.6 Å². The molecule has 3 rings (SSSR count). The summed E-state index contributed by atoms with van der Waals surface area (Å²) in [5.41, 5.74) is 3.33. The van der Waals surface area contributed by atoms with E-state index in [1.807, 2.05) is 36.7 Å². The Morgan fingerprint density at radius 1 is 1.08 bits per heavy atom. The number of nitrogens with zero attached hydrogens (tertiary/aromatic N) is 4. The van der Waals surface area contributed by atoms with Gasteiger partial charge >= 0.3 is 0 Å². The lowest BCUT2D eigenvalue weighted by Crippen LogP contribution is -2.47. The molecule has 2 aromatic rings. The van der Waals surface area contributed by atoms with E-state index in [-0.39, 0.29) is 6.10 Å². The second-order valence-electron chi connectivity index (χ2n) is 6.92. The summed E-state index contributed by atoms with van der Waals surface area (Å²) in [5, 5.41) is 14.9. The van der Waals surface area contributed by atoms with Crippen molar-refractivity contribution < 1.29 is 5.11 Å². The first-order valence-electron chi connectivity index (χ1n) is 8.91. The number of piperazine rings is 1. The summed E-state index contributed by atoms with van der Waals surface area (Å²) >= 11 is 6.63. The highest BCUT2D eigenvalue weighted by Gasteiger charge is 2.21. The number of aliphatic hydroxyl groups excluding tert-OH is 1. The molecule has 1 fully saturated rings. The van der Waals surface area contributed by atoms with Crippen molar-refractivity contribution in [3.63, 3.8) is 0 Å². The van der Waals surface area contributed by atoms with Gasteiger partial charge in [-0.05, 0) is 19.4 Å². The van der Waals surface area contributed by atoms with E-state index in [9.17, 15) is 5.11 Å². The van der Waals surface area contributed by atoms with Crippen LogP contribution in [-0.2, 0) is 13.1 Å². The Hall–Kier alpha value is -1.40. The van der Waals surface area contributed by atoms with Gasteiger partial charge in [-0.2, -0.15) is 5.10 Å². The molecule has 1 atom stereocenters. The molecule has 0 amide bonds. The van der Waals surface area contributed by atoms with E-state index in [2.05, 4.69) is 27.0 Å². The van der Waals surface area contributed by atoms with Crippen molar-refractivity contribution in [2.24, 2.45) is 0 Å². The van der Waals surface area contributed by atoms with Gasteiger partial charge in [-0.15, -0.1) is 0 Å². The molecule has 2 heterocycles. The Morgan fingerprint density at radius 2 is 1.72 bits per heavy atom. The zero-order chi connectivity index (χ0) is 17.8. The third-order valence-electron chi connectivity index (χ3n) is 4.73. The lowest BCUT2D eigenvalue weighted by atomic mass is 10.2. The van der Waals surface area contributed by atoms with Crippen LogP contribution in [0.1, 0.15) is 23.7 Å². The van der Waals surface area contributed by atoms with E-state index in [0.717, 1.165) is 55.7 Å². The smallest absolute Gasteiger partial charge is 0.132 e. The van der Waals surface area contributed by atoms with Crippen LogP contribution < -0.4 is 0 Å². The van der Waals surface area contributed by atoms with Gasteiger partial charge in [0.2, 0.25) is 0 Å². The number of aromatic nitrogens is 2. The lowest BCUT2D eigenvalue weighted by molar-refractivity contribution is 0.0780. The number of aliphatic hydroxyl groups is 1. The fraction of sp³-hybridized carbons (Fsp3) is 0.526. The molecule has 1 N–H and O–H groups in total. The maximum absolute atomic E-state index is 9.52. The number of aryl methyl sites for hydroxylation is 1. The number of hydrogen-bond donors (Lipinski definition) is 1. The molecule has 0 spiro atoms. The third kappa shape index (κ3) is 4.82. The number of benzene rings is 1. The van der Waals surface area contributed by atoms with Crippen molar-refractivity contribution in [2.45, 2.75) is 33.0 Å². The van der Waals surface area contributed by atoms with Crippen molar-refractivity contribution in [1.82, 2.24) is 19.6 Å². The van der Waals surface area contributed by atoms with E-state index in [4.69, 9.17) is 11.6 Å². The minimum atomic E-state index is -0.264. The standard InChI is InChI=1S/C19H27ClN4O/c1-15(25)12-22-8-10-23(11-9-22)14-18-16(2)21-24(19(18)20)13-17-6-4-3-5-7-17/h3-7,15,25H,8-14H2,1-2H3/t15-/m1/s1. The highest BCUT2D eigenvalue weighted by Crippen LogP contribution is 2.23. The Kier molecular flexibility index (Phi) is 6.12. The van der Waals surface area contributed by atoms with Gasteiger partial charge in [0.15, 0.2) is 0 Å². The first kappa shape index (κ1) is 18.4. The van der Waals surface area contributed by atoms with Crippen molar-refractivity contribution in [3.05, 3.63) is 52.3 Å². The predicted molar refractivity (Wildman–Crippen MR) is 101 cm³/mol. The SMILES string of the molecule is Cc1nn(Cc2ccccc2)c(Cl)c1CN1CCN(C[C@@H](C)O)CC1. The Bertz CT molecular complexity index is 678.